The molecule has 0 aliphatic heterocycles. The summed E-state index contributed by atoms with van der Waals surface area (Å²) in [5.41, 5.74) is 1.59. The van der Waals surface area contributed by atoms with Crippen LogP contribution in [0.3, 0.4) is 0 Å². The molecular formula is C15H18FN. The van der Waals surface area contributed by atoms with Crippen molar-refractivity contribution in [1.29, 1.82) is 0 Å². The van der Waals surface area contributed by atoms with E-state index in [1.165, 1.54) is 0 Å². The number of aryl methyl sites for hydroxylation is 2. The standard InChI is InChI=1S/C15H18FN/c1-12-9-10-13(2)17(12)11-15(3,16)14-7-5-4-6-8-14/h4-10H,11H2,1-3H3/t15-/m0/s1. The highest BCUT2D eigenvalue weighted by molar-refractivity contribution is 5.23. The van der Waals surface area contributed by atoms with E-state index in [1.807, 2.05) is 60.9 Å². The lowest BCUT2D eigenvalue weighted by Crippen LogP contribution is -2.24. The van der Waals surface area contributed by atoms with Crippen LogP contribution in [0.1, 0.15) is 23.9 Å². The number of nitrogens with zero attached hydrogens (tertiary/aromatic N) is 1. The summed E-state index contributed by atoms with van der Waals surface area (Å²) in [5.74, 6) is 0. The van der Waals surface area contributed by atoms with Gasteiger partial charge in [-0.2, -0.15) is 0 Å². The van der Waals surface area contributed by atoms with Crippen LogP contribution in [0.2, 0.25) is 0 Å². The predicted molar refractivity (Wildman–Crippen MR) is 68.8 cm³/mol. The minimum Gasteiger partial charge on any atom is -0.346 e. The van der Waals surface area contributed by atoms with E-state index in [4.69, 9.17) is 0 Å². The summed E-state index contributed by atoms with van der Waals surface area (Å²) in [5, 5.41) is 0. The monoisotopic (exact) mass is 231 g/mol. The van der Waals surface area contributed by atoms with Crippen molar-refractivity contribution in [2.24, 2.45) is 0 Å². The molecule has 0 N–H and O–H groups in total. The van der Waals surface area contributed by atoms with Gasteiger partial charge < -0.3 is 4.57 Å². The summed E-state index contributed by atoms with van der Waals surface area (Å²) in [6.45, 7) is 6.02. The van der Waals surface area contributed by atoms with Gasteiger partial charge in [0.1, 0.15) is 0 Å². The van der Waals surface area contributed by atoms with Crippen LogP contribution in [0.15, 0.2) is 42.5 Å². The number of hydrogen-bond acceptors (Lipinski definition) is 0. The Labute approximate surface area is 102 Å². The van der Waals surface area contributed by atoms with Crippen LogP contribution in [-0.2, 0) is 12.2 Å². The zero-order valence-electron chi connectivity index (χ0n) is 10.6. The van der Waals surface area contributed by atoms with E-state index in [0.717, 1.165) is 17.0 Å². The molecule has 0 saturated carbocycles. The SMILES string of the molecule is Cc1ccc(C)n1C[C@](C)(F)c1ccccc1. The molecule has 0 saturated heterocycles. The Morgan fingerprint density at radius 2 is 1.53 bits per heavy atom. The van der Waals surface area contributed by atoms with Gasteiger partial charge in [0.15, 0.2) is 5.67 Å². The maximum absolute atomic E-state index is 14.7. The Bertz CT molecular complexity index is 477. The molecule has 17 heavy (non-hydrogen) atoms. The van der Waals surface area contributed by atoms with E-state index in [-0.39, 0.29) is 0 Å². The first-order valence-electron chi connectivity index (χ1n) is 5.88. The second kappa shape index (κ2) is 4.36. The van der Waals surface area contributed by atoms with Crippen molar-refractivity contribution >= 4 is 0 Å². The minimum atomic E-state index is -1.34. The molecule has 1 heterocycles. The number of aromatic nitrogens is 1. The molecule has 1 aromatic carbocycles. The van der Waals surface area contributed by atoms with Gasteiger partial charge in [-0.05, 0) is 38.5 Å². The number of hydrogen-bond donors (Lipinski definition) is 0. The third kappa shape index (κ3) is 2.41. The van der Waals surface area contributed by atoms with Crippen molar-refractivity contribution in [3.05, 3.63) is 59.4 Å². The van der Waals surface area contributed by atoms with Crippen LogP contribution < -0.4 is 0 Å². The molecule has 0 bridgehead atoms. The van der Waals surface area contributed by atoms with E-state index in [9.17, 15) is 4.39 Å². The van der Waals surface area contributed by atoms with E-state index >= 15 is 0 Å². The highest BCUT2D eigenvalue weighted by atomic mass is 19.1. The number of alkyl halides is 1. The van der Waals surface area contributed by atoms with E-state index < -0.39 is 5.67 Å². The molecular weight excluding hydrogens is 213 g/mol. The summed E-state index contributed by atoms with van der Waals surface area (Å²) in [6, 6.07) is 13.4. The highest BCUT2D eigenvalue weighted by Crippen LogP contribution is 2.28. The lowest BCUT2D eigenvalue weighted by molar-refractivity contribution is 0.160. The minimum absolute atomic E-state index is 0.363. The second-order valence-electron chi connectivity index (χ2n) is 4.77. The van der Waals surface area contributed by atoms with Crippen LogP contribution in [0, 0.1) is 13.8 Å². The van der Waals surface area contributed by atoms with Crippen LogP contribution in [-0.4, -0.2) is 4.57 Å². The molecule has 90 valence electrons. The molecule has 0 aliphatic carbocycles. The zero-order chi connectivity index (χ0) is 12.5. The van der Waals surface area contributed by atoms with E-state index in [2.05, 4.69) is 0 Å². The number of halogens is 1. The first-order chi connectivity index (χ1) is 8.00. The molecule has 0 radical (unpaired) electrons. The first kappa shape index (κ1) is 11.9. The summed E-state index contributed by atoms with van der Waals surface area (Å²) in [6.07, 6.45) is 0. The third-order valence-corrected chi connectivity index (χ3v) is 3.25. The molecule has 0 unspecified atom stereocenters. The summed E-state index contributed by atoms with van der Waals surface area (Å²) >= 11 is 0. The summed E-state index contributed by atoms with van der Waals surface area (Å²) < 4.78 is 16.7. The molecule has 2 rings (SSSR count). The van der Waals surface area contributed by atoms with Gasteiger partial charge >= 0.3 is 0 Å². The average molecular weight is 231 g/mol. The lowest BCUT2D eigenvalue weighted by atomic mass is 9.98. The fourth-order valence-electron chi connectivity index (χ4n) is 2.12. The number of rotatable bonds is 3. The molecule has 2 aromatic rings. The first-order valence-corrected chi connectivity index (χ1v) is 5.88. The van der Waals surface area contributed by atoms with E-state index in [1.54, 1.807) is 6.92 Å². The Kier molecular flexibility index (Phi) is 3.05. The molecule has 0 spiro atoms. The third-order valence-electron chi connectivity index (χ3n) is 3.25. The quantitative estimate of drug-likeness (QED) is 0.752. The van der Waals surface area contributed by atoms with Gasteiger partial charge in [0.05, 0.1) is 6.54 Å². The van der Waals surface area contributed by atoms with Crippen molar-refractivity contribution in [3.63, 3.8) is 0 Å². The highest BCUT2D eigenvalue weighted by Gasteiger charge is 2.26. The fraction of sp³-hybridized carbons (Fsp3) is 0.333. The summed E-state index contributed by atoms with van der Waals surface area (Å²) in [7, 11) is 0. The van der Waals surface area contributed by atoms with Crippen LogP contribution >= 0.6 is 0 Å². The van der Waals surface area contributed by atoms with Gasteiger partial charge in [0.25, 0.3) is 0 Å². The topological polar surface area (TPSA) is 4.93 Å². The lowest BCUT2D eigenvalue weighted by Gasteiger charge is -2.23. The van der Waals surface area contributed by atoms with Gasteiger partial charge in [-0.3, -0.25) is 0 Å². The zero-order valence-corrected chi connectivity index (χ0v) is 10.6. The van der Waals surface area contributed by atoms with Crippen LogP contribution in [0.4, 0.5) is 4.39 Å². The predicted octanol–water partition coefficient (Wildman–Crippen LogP) is 3.99. The molecule has 0 aliphatic rings. The maximum atomic E-state index is 14.7. The van der Waals surface area contributed by atoms with Gasteiger partial charge in [0.2, 0.25) is 0 Å². The summed E-state index contributed by atoms with van der Waals surface area (Å²) in [4.78, 5) is 0. The van der Waals surface area contributed by atoms with Crippen molar-refractivity contribution in [2.45, 2.75) is 33.0 Å². The van der Waals surface area contributed by atoms with Crippen molar-refractivity contribution in [1.82, 2.24) is 4.57 Å². The molecule has 1 nitrogen and oxygen atoms in total. The Hall–Kier alpha value is -1.57. The average Bonchev–Trinajstić information content (AvgIpc) is 2.62. The maximum Gasteiger partial charge on any atom is 0.150 e. The Morgan fingerprint density at radius 3 is 2.06 bits per heavy atom. The molecule has 1 aromatic heterocycles. The van der Waals surface area contributed by atoms with Gasteiger partial charge in [-0.15, -0.1) is 0 Å². The smallest absolute Gasteiger partial charge is 0.150 e. The van der Waals surface area contributed by atoms with Crippen molar-refractivity contribution in [3.8, 4) is 0 Å². The molecule has 1 atom stereocenters. The Morgan fingerprint density at radius 1 is 1.00 bits per heavy atom. The van der Waals surface area contributed by atoms with E-state index in [0.29, 0.717) is 6.54 Å². The van der Waals surface area contributed by atoms with Gasteiger partial charge in [-0.1, -0.05) is 30.3 Å². The molecule has 0 amide bonds. The van der Waals surface area contributed by atoms with Gasteiger partial charge in [-0.25, -0.2) is 4.39 Å². The number of benzene rings is 1. The fourth-order valence-corrected chi connectivity index (χ4v) is 2.12. The normalized spacial score (nSPS) is 14.6. The van der Waals surface area contributed by atoms with Gasteiger partial charge in [0, 0.05) is 11.4 Å². The van der Waals surface area contributed by atoms with Crippen LogP contribution in [0.25, 0.3) is 0 Å². The second-order valence-corrected chi connectivity index (χ2v) is 4.77. The Balaban J connectivity index is 2.29. The molecule has 2 heteroatoms. The molecule has 0 fully saturated rings. The largest absolute Gasteiger partial charge is 0.346 e. The van der Waals surface area contributed by atoms with Crippen molar-refractivity contribution < 1.29 is 4.39 Å². The van der Waals surface area contributed by atoms with Crippen molar-refractivity contribution in [2.75, 3.05) is 0 Å². The van der Waals surface area contributed by atoms with Crippen LogP contribution in [0.5, 0.6) is 0 Å².